The van der Waals surface area contributed by atoms with Gasteiger partial charge >= 0.3 is 6.18 Å². The van der Waals surface area contributed by atoms with E-state index in [2.05, 4.69) is 0 Å². The van der Waals surface area contributed by atoms with Gasteiger partial charge in [-0.2, -0.15) is 13.2 Å². The van der Waals surface area contributed by atoms with Crippen LogP contribution in [0.1, 0.15) is 5.56 Å². The quantitative estimate of drug-likeness (QED) is 0.880. The molecule has 1 atom stereocenters. The molecule has 1 aromatic rings. The third-order valence-electron chi connectivity index (χ3n) is 2.01. The summed E-state index contributed by atoms with van der Waals surface area (Å²) in [6.45, 7) is -0.629. The summed E-state index contributed by atoms with van der Waals surface area (Å²) >= 11 is 5.76. The van der Waals surface area contributed by atoms with Crippen LogP contribution in [0.2, 0.25) is 5.02 Å². The zero-order chi connectivity index (χ0) is 13.1. The first kappa shape index (κ1) is 14.1. The molecule has 0 aliphatic heterocycles. The van der Waals surface area contributed by atoms with Crippen LogP contribution in [0.3, 0.4) is 0 Å². The van der Waals surface area contributed by atoms with Crippen molar-refractivity contribution in [3.63, 3.8) is 0 Å². The molecular weight excluding hydrogens is 259 g/mol. The number of aliphatic hydroxyl groups is 1. The highest BCUT2D eigenvalue weighted by Crippen LogP contribution is 2.27. The summed E-state index contributed by atoms with van der Waals surface area (Å²) in [6.07, 6.45) is -7.24. The SMILES string of the molecule is NCc1ccc(OCC(O)C(F)(F)F)c(Cl)c1. The Morgan fingerprint density at radius 1 is 1.41 bits per heavy atom. The molecular formula is C10H11ClF3NO2. The minimum absolute atomic E-state index is 0.0761. The molecule has 0 aliphatic rings. The molecule has 1 aromatic carbocycles. The minimum atomic E-state index is -4.70. The fourth-order valence-electron chi connectivity index (χ4n) is 1.05. The van der Waals surface area contributed by atoms with Crippen LogP contribution in [-0.4, -0.2) is 24.0 Å². The molecule has 0 saturated heterocycles. The van der Waals surface area contributed by atoms with Gasteiger partial charge < -0.3 is 15.6 Å². The van der Waals surface area contributed by atoms with E-state index in [4.69, 9.17) is 27.2 Å². The molecule has 1 rings (SSSR count). The normalized spacial score (nSPS) is 13.5. The largest absolute Gasteiger partial charge is 0.489 e. The third kappa shape index (κ3) is 4.07. The first-order valence-corrected chi connectivity index (χ1v) is 5.08. The van der Waals surface area contributed by atoms with Crippen molar-refractivity contribution in [1.82, 2.24) is 0 Å². The number of alkyl halides is 3. The third-order valence-corrected chi connectivity index (χ3v) is 2.30. The Morgan fingerprint density at radius 2 is 2.06 bits per heavy atom. The van der Waals surface area contributed by atoms with Crippen LogP contribution in [0.5, 0.6) is 5.75 Å². The highest BCUT2D eigenvalue weighted by molar-refractivity contribution is 6.32. The average Bonchev–Trinajstić information content (AvgIpc) is 2.25. The van der Waals surface area contributed by atoms with Crippen molar-refractivity contribution in [2.45, 2.75) is 18.8 Å². The average molecular weight is 270 g/mol. The van der Waals surface area contributed by atoms with Crippen LogP contribution in [0.15, 0.2) is 18.2 Å². The summed E-state index contributed by atoms with van der Waals surface area (Å²) in [5, 5.41) is 8.88. The van der Waals surface area contributed by atoms with Crippen LogP contribution in [-0.2, 0) is 6.54 Å². The number of ether oxygens (including phenoxy) is 1. The highest BCUT2D eigenvalue weighted by atomic mass is 35.5. The molecule has 0 saturated carbocycles. The second-order valence-corrected chi connectivity index (χ2v) is 3.74. The smallest absolute Gasteiger partial charge is 0.417 e. The molecule has 0 amide bonds. The van der Waals surface area contributed by atoms with E-state index in [-0.39, 0.29) is 17.3 Å². The van der Waals surface area contributed by atoms with Crippen LogP contribution >= 0.6 is 11.6 Å². The van der Waals surface area contributed by atoms with Gasteiger partial charge in [0.25, 0.3) is 0 Å². The second kappa shape index (κ2) is 5.57. The molecule has 0 radical (unpaired) electrons. The second-order valence-electron chi connectivity index (χ2n) is 3.34. The Morgan fingerprint density at radius 3 is 2.53 bits per heavy atom. The standard InChI is InChI=1S/C10H11ClF3NO2/c11-7-3-6(4-15)1-2-8(7)17-5-9(16)10(12,13)14/h1-3,9,16H,4-5,15H2. The number of rotatable bonds is 4. The lowest BCUT2D eigenvalue weighted by atomic mass is 10.2. The highest BCUT2D eigenvalue weighted by Gasteiger charge is 2.38. The maximum absolute atomic E-state index is 12.0. The van der Waals surface area contributed by atoms with Crippen LogP contribution in [0.4, 0.5) is 13.2 Å². The van der Waals surface area contributed by atoms with E-state index in [1.165, 1.54) is 12.1 Å². The van der Waals surface area contributed by atoms with Crippen molar-refractivity contribution in [3.8, 4) is 5.75 Å². The van der Waals surface area contributed by atoms with Gasteiger partial charge in [-0.1, -0.05) is 17.7 Å². The number of hydrogen-bond acceptors (Lipinski definition) is 3. The van der Waals surface area contributed by atoms with Crippen molar-refractivity contribution in [2.75, 3.05) is 6.61 Å². The Hall–Kier alpha value is -0.980. The number of halogens is 4. The van der Waals surface area contributed by atoms with Gasteiger partial charge in [0.1, 0.15) is 12.4 Å². The lowest BCUT2D eigenvalue weighted by Gasteiger charge is -2.16. The van der Waals surface area contributed by atoms with Gasteiger partial charge in [-0.25, -0.2) is 0 Å². The van der Waals surface area contributed by atoms with Gasteiger partial charge in [-0.3, -0.25) is 0 Å². The van der Waals surface area contributed by atoms with E-state index in [0.717, 1.165) is 5.56 Å². The van der Waals surface area contributed by atoms with Crippen LogP contribution in [0.25, 0.3) is 0 Å². The number of benzene rings is 1. The van der Waals surface area contributed by atoms with E-state index in [0.29, 0.717) is 0 Å². The van der Waals surface area contributed by atoms with Crippen molar-refractivity contribution in [1.29, 1.82) is 0 Å². The Labute approximate surface area is 101 Å². The summed E-state index contributed by atoms with van der Waals surface area (Å²) in [5.74, 6) is 0.0761. The molecule has 0 heterocycles. The molecule has 0 aromatic heterocycles. The molecule has 7 heteroatoms. The molecule has 3 N–H and O–H groups in total. The van der Waals surface area contributed by atoms with E-state index < -0.39 is 18.9 Å². The van der Waals surface area contributed by atoms with Gasteiger partial charge in [0.2, 0.25) is 0 Å². The van der Waals surface area contributed by atoms with Gasteiger partial charge in [-0.15, -0.1) is 0 Å². The van der Waals surface area contributed by atoms with Gasteiger partial charge in [0.05, 0.1) is 5.02 Å². The van der Waals surface area contributed by atoms with E-state index in [9.17, 15) is 13.2 Å². The molecule has 96 valence electrons. The molecule has 0 bridgehead atoms. The van der Waals surface area contributed by atoms with Crippen LogP contribution in [0, 0.1) is 0 Å². The molecule has 1 unspecified atom stereocenters. The summed E-state index contributed by atoms with van der Waals surface area (Å²) < 4.78 is 40.8. The Kier molecular flexibility index (Phi) is 4.62. The zero-order valence-electron chi connectivity index (χ0n) is 8.67. The molecule has 17 heavy (non-hydrogen) atoms. The number of hydrogen-bond donors (Lipinski definition) is 2. The predicted octanol–water partition coefficient (Wildman–Crippen LogP) is 2.10. The Balaban J connectivity index is 2.64. The maximum atomic E-state index is 12.0. The van der Waals surface area contributed by atoms with Crippen molar-refractivity contribution in [2.24, 2.45) is 5.73 Å². The van der Waals surface area contributed by atoms with Crippen LogP contribution < -0.4 is 10.5 Å². The maximum Gasteiger partial charge on any atom is 0.417 e. The fourth-order valence-corrected chi connectivity index (χ4v) is 1.31. The monoisotopic (exact) mass is 269 g/mol. The Bertz CT molecular complexity index is 384. The van der Waals surface area contributed by atoms with E-state index >= 15 is 0 Å². The number of nitrogens with two attached hydrogens (primary N) is 1. The topological polar surface area (TPSA) is 55.5 Å². The summed E-state index contributed by atoms with van der Waals surface area (Å²) in [6, 6.07) is 4.49. The molecule has 0 fully saturated rings. The molecule has 0 spiro atoms. The minimum Gasteiger partial charge on any atom is -0.489 e. The molecule has 3 nitrogen and oxygen atoms in total. The van der Waals surface area contributed by atoms with Crippen molar-refractivity contribution >= 4 is 11.6 Å². The van der Waals surface area contributed by atoms with Gasteiger partial charge in [-0.05, 0) is 17.7 Å². The van der Waals surface area contributed by atoms with Crippen molar-refractivity contribution in [3.05, 3.63) is 28.8 Å². The first-order chi connectivity index (χ1) is 7.84. The fraction of sp³-hybridized carbons (Fsp3) is 0.400. The molecule has 0 aliphatic carbocycles. The van der Waals surface area contributed by atoms with Gasteiger partial charge in [0, 0.05) is 6.54 Å². The zero-order valence-corrected chi connectivity index (χ0v) is 9.42. The lowest BCUT2D eigenvalue weighted by molar-refractivity contribution is -0.210. The van der Waals surface area contributed by atoms with E-state index in [1.54, 1.807) is 6.07 Å². The predicted molar refractivity (Wildman–Crippen MR) is 56.9 cm³/mol. The summed E-state index contributed by atoms with van der Waals surface area (Å²) in [4.78, 5) is 0. The van der Waals surface area contributed by atoms with Crippen molar-refractivity contribution < 1.29 is 23.0 Å². The van der Waals surface area contributed by atoms with Gasteiger partial charge in [0.15, 0.2) is 6.10 Å². The van der Waals surface area contributed by atoms with E-state index in [1.807, 2.05) is 0 Å². The number of aliphatic hydroxyl groups excluding tert-OH is 1. The lowest BCUT2D eigenvalue weighted by Crippen LogP contribution is -2.34. The summed E-state index contributed by atoms with van der Waals surface area (Å²) in [5.41, 5.74) is 6.09. The summed E-state index contributed by atoms with van der Waals surface area (Å²) in [7, 11) is 0. The first-order valence-electron chi connectivity index (χ1n) is 4.70.